The van der Waals surface area contributed by atoms with Crippen LogP contribution in [0.15, 0.2) is 27.8 Å². The third-order valence-electron chi connectivity index (χ3n) is 4.71. The molecule has 2 atom stereocenters. The zero-order valence-corrected chi connectivity index (χ0v) is 18.2. The number of hydrogen-bond donors (Lipinski definition) is 1. The molecule has 0 amide bonds. The maximum Gasteiger partial charge on any atom is 0.193 e. The number of furan rings is 1. The van der Waals surface area contributed by atoms with Crippen molar-refractivity contribution >= 4 is 29.9 Å². The van der Waals surface area contributed by atoms with E-state index in [0.717, 1.165) is 57.5 Å². The molecule has 25 heavy (non-hydrogen) atoms. The molecule has 0 aliphatic carbocycles. The average molecular weight is 464 g/mol. The molecule has 1 aliphatic rings. The van der Waals surface area contributed by atoms with Crippen molar-refractivity contribution in [3.63, 3.8) is 0 Å². The van der Waals surface area contributed by atoms with Crippen LogP contribution < -0.4 is 5.32 Å². The van der Waals surface area contributed by atoms with Crippen LogP contribution in [0.5, 0.6) is 0 Å². The van der Waals surface area contributed by atoms with Crippen LogP contribution in [-0.2, 0) is 4.74 Å². The minimum atomic E-state index is 0. The minimum absolute atomic E-state index is 0. The fraction of sp³-hybridized carbons (Fsp3) is 0.722. The molecule has 0 spiro atoms. The lowest BCUT2D eigenvalue weighted by Crippen LogP contribution is -2.45. The highest BCUT2D eigenvalue weighted by Gasteiger charge is 2.23. The van der Waals surface area contributed by atoms with Gasteiger partial charge in [0.1, 0.15) is 5.76 Å². The van der Waals surface area contributed by atoms with E-state index in [1.54, 1.807) is 6.26 Å². The molecule has 1 saturated heterocycles. The highest BCUT2D eigenvalue weighted by molar-refractivity contribution is 14.0. The molecule has 1 aliphatic heterocycles. The molecule has 0 saturated carbocycles. The van der Waals surface area contributed by atoms with Crippen molar-refractivity contribution in [2.24, 2.45) is 10.9 Å². The quantitative estimate of drug-likeness (QED) is 0.365. The Morgan fingerprint density at radius 3 is 2.68 bits per heavy atom. The molecule has 0 bridgehead atoms. The lowest BCUT2D eigenvalue weighted by molar-refractivity contribution is 0.180. The Morgan fingerprint density at radius 2 is 2.16 bits per heavy atom. The summed E-state index contributed by atoms with van der Waals surface area (Å²) >= 11 is 0. The minimum Gasteiger partial charge on any atom is -0.468 e. The topological polar surface area (TPSA) is 53.2 Å². The molecule has 6 nitrogen and oxygen atoms in total. The third-order valence-corrected chi connectivity index (χ3v) is 4.71. The third kappa shape index (κ3) is 6.45. The fourth-order valence-corrected chi connectivity index (χ4v) is 3.33. The lowest BCUT2D eigenvalue weighted by atomic mass is 10.1. The van der Waals surface area contributed by atoms with E-state index >= 15 is 0 Å². The monoisotopic (exact) mass is 464 g/mol. The molecule has 2 heterocycles. The Bertz CT molecular complexity index is 485. The van der Waals surface area contributed by atoms with E-state index in [0.29, 0.717) is 5.92 Å². The Kier molecular flexibility index (Phi) is 10.4. The van der Waals surface area contributed by atoms with Gasteiger partial charge < -0.3 is 19.4 Å². The second kappa shape index (κ2) is 11.7. The molecule has 0 aromatic carbocycles. The molecular formula is C18H33IN4O2. The first-order valence-corrected chi connectivity index (χ1v) is 8.96. The number of likely N-dealkylation sites (N-methyl/N-ethyl adjacent to an activating group) is 1. The van der Waals surface area contributed by atoms with Crippen molar-refractivity contribution in [1.82, 2.24) is 15.1 Å². The van der Waals surface area contributed by atoms with Gasteiger partial charge >= 0.3 is 0 Å². The van der Waals surface area contributed by atoms with Gasteiger partial charge in [-0.2, -0.15) is 0 Å². The van der Waals surface area contributed by atoms with E-state index in [4.69, 9.17) is 9.15 Å². The first-order chi connectivity index (χ1) is 11.7. The number of rotatable bonds is 8. The molecule has 2 rings (SSSR count). The van der Waals surface area contributed by atoms with Crippen molar-refractivity contribution in [3.8, 4) is 0 Å². The summed E-state index contributed by atoms with van der Waals surface area (Å²) < 4.78 is 11.1. The Balaban J connectivity index is 0.00000312. The number of aliphatic imine (C=N–C) groups is 1. The summed E-state index contributed by atoms with van der Waals surface area (Å²) in [6.45, 7) is 9.81. The summed E-state index contributed by atoms with van der Waals surface area (Å²) in [5, 5.41) is 3.51. The molecule has 2 unspecified atom stereocenters. The first kappa shape index (κ1) is 22.2. The van der Waals surface area contributed by atoms with Gasteiger partial charge in [-0.15, -0.1) is 24.0 Å². The Hall–Kier alpha value is -0.800. The second-order valence-electron chi connectivity index (χ2n) is 6.29. The van der Waals surface area contributed by atoms with Crippen LogP contribution in [0.2, 0.25) is 0 Å². The van der Waals surface area contributed by atoms with Crippen LogP contribution >= 0.6 is 24.0 Å². The van der Waals surface area contributed by atoms with E-state index < -0.39 is 0 Å². The summed E-state index contributed by atoms with van der Waals surface area (Å²) in [5.74, 6) is 2.51. The summed E-state index contributed by atoms with van der Waals surface area (Å²) in [4.78, 5) is 9.02. The zero-order chi connectivity index (χ0) is 17.4. The zero-order valence-electron chi connectivity index (χ0n) is 15.9. The average Bonchev–Trinajstić information content (AvgIpc) is 3.28. The van der Waals surface area contributed by atoms with Crippen molar-refractivity contribution < 1.29 is 9.15 Å². The first-order valence-electron chi connectivity index (χ1n) is 8.96. The Morgan fingerprint density at radius 1 is 1.40 bits per heavy atom. The summed E-state index contributed by atoms with van der Waals surface area (Å²) in [6, 6.07) is 4.20. The van der Waals surface area contributed by atoms with Gasteiger partial charge in [0.25, 0.3) is 0 Å². The standard InChI is InChI=1S/C18H32N4O2.HI/c1-5-22(6-2)16(17-8-7-10-24-17)12-20-18(19-3)21(4)13-15-9-11-23-14-15;/h7-8,10,15-16H,5-6,9,11-14H2,1-4H3,(H,19,20);1H. The molecule has 1 fully saturated rings. The lowest BCUT2D eigenvalue weighted by Gasteiger charge is -2.30. The molecule has 0 radical (unpaired) electrons. The molecule has 1 aromatic rings. The van der Waals surface area contributed by atoms with Gasteiger partial charge in [-0.1, -0.05) is 13.8 Å². The van der Waals surface area contributed by atoms with E-state index in [1.165, 1.54) is 0 Å². The smallest absolute Gasteiger partial charge is 0.193 e. The van der Waals surface area contributed by atoms with Crippen molar-refractivity contribution in [2.45, 2.75) is 26.3 Å². The maximum atomic E-state index is 5.66. The van der Waals surface area contributed by atoms with Gasteiger partial charge in [-0.3, -0.25) is 9.89 Å². The van der Waals surface area contributed by atoms with Gasteiger partial charge in [0, 0.05) is 39.7 Å². The van der Waals surface area contributed by atoms with Crippen LogP contribution in [0, 0.1) is 5.92 Å². The second-order valence-corrected chi connectivity index (χ2v) is 6.29. The van der Waals surface area contributed by atoms with Crippen LogP contribution in [0.4, 0.5) is 0 Å². The SMILES string of the molecule is CCN(CC)C(CNC(=NC)N(C)CC1CCOC1)c1ccco1.I. The van der Waals surface area contributed by atoms with Gasteiger partial charge in [0.15, 0.2) is 5.96 Å². The largest absolute Gasteiger partial charge is 0.468 e. The number of halogens is 1. The van der Waals surface area contributed by atoms with E-state index in [9.17, 15) is 0 Å². The van der Waals surface area contributed by atoms with Crippen molar-refractivity contribution in [2.75, 3.05) is 53.5 Å². The predicted molar refractivity (Wildman–Crippen MR) is 113 cm³/mol. The normalized spacial score (nSPS) is 18.9. The number of hydrogen-bond acceptors (Lipinski definition) is 4. The van der Waals surface area contributed by atoms with Crippen molar-refractivity contribution in [1.29, 1.82) is 0 Å². The Labute approximate surface area is 169 Å². The van der Waals surface area contributed by atoms with E-state index in [2.05, 4.69) is 41.0 Å². The molecule has 7 heteroatoms. The van der Waals surface area contributed by atoms with Gasteiger partial charge in [-0.25, -0.2) is 0 Å². The summed E-state index contributed by atoms with van der Waals surface area (Å²) in [6.07, 6.45) is 2.88. The van der Waals surface area contributed by atoms with Gasteiger partial charge in [-0.05, 0) is 31.6 Å². The predicted octanol–water partition coefficient (Wildman–Crippen LogP) is 2.82. The van der Waals surface area contributed by atoms with Crippen LogP contribution in [0.25, 0.3) is 0 Å². The number of nitrogens with zero attached hydrogens (tertiary/aromatic N) is 3. The number of guanidine groups is 1. The van der Waals surface area contributed by atoms with E-state index in [-0.39, 0.29) is 30.0 Å². The van der Waals surface area contributed by atoms with Crippen molar-refractivity contribution in [3.05, 3.63) is 24.2 Å². The van der Waals surface area contributed by atoms with Gasteiger partial charge in [0.05, 0.1) is 18.9 Å². The van der Waals surface area contributed by atoms with Crippen LogP contribution in [0.3, 0.4) is 0 Å². The molecule has 1 aromatic heterocycles. The highest BCUT2D eigenvalue weighted by atomic mass is 127. The fourth-order valence-electron chi connectivity index (χ4n) is 3.33. The summed E-state index contributed by atoms with van der Waals surface area (Å²) in [5.41, 5.74) is 0. The number of nitrogens with one attached hydrogen (secondary N) is 1. The molecule has 1 N–H and O–H groups in total. The molecular weight excluding hydrogens is 431 g/mol. The van der Waals surface area contributed by atoms with Gasteiger partial charge in [0.2, 0.25) is 0 Å². The number of ether oxygens (including phenoxy) is 1. The van der Waals surface area contributed by atoms with E-state index in [1.807, 2.05) is 19.2 Å². The molecule has 144 valence electrons. The maximum absolute atomic E-state index is 5.66. The highest BCUT2D eigenvalue weighted by Crippen LogP contribution is 2.20. The summed E-state index contributed by atoms with van der Waals surface area (Å²) in [7, 11) is 3.93. The van der Waals surface area contributed by atoms with Crippen LogP contribution in [0.1, 0.15) is 32.1 Å². The van der Waals surface area contributed by atoms with Crippen LogP contribution in [-0.4, -0.2) is 69.2 Å².